The van der Waals surface area contributed by atoms with Crippen LogP contribution in [0.1, 0.15) is 303 Å². The Morgan fingerprint density at radius 2 is 0.771 bits per heavy atom. The summed E-state index contributed by atoms with van der Waals surface area (Å²) in [4.78, 5) is 13.3. The number of hydrogen-bond acceptors (Lipinski definition) is 13. The molecule has 12 unspecified atom stereocenters. The SMILES string of the molecule is CCCCCCCCCCCCCCCCCCCCC/C=C/CC/C=C/CC/C=C/C(O)C(COC1OC(CO)C(OC2OC(CO)C(O)C(O)C2O)C(O)C1O)NC(=O)CCCCCCCCCCCCCCCCCCCCCC. The van der Waals surface area contributed by atoms with Gasteiger partial charge in [0.05, 0.1) is 32.0 Å². The van der Waals surface area contributed by atoms with Crippen LogP contribution in [0.2, 0.25) is 0 Å². The van der Waals surface area contributed by atoms with Crippen LogP contribution in [0.5, 0.6) is 0 Å². The molecule has 2 aliphatic heterocycles. The molecule has 0 aromatic heterocycles. The molecule has 0 radical (unpaired) electrons. The average molecular weight is 1180 g/mol. The second-order valence-electron chi connectivity index (χ2n) is 24.6. The lowest BCUT2D eigenvalue weighted by Gasteiger charge is -2.46. The molecule has 12 atom stereocenters. The van der Waals surface area contributed by atoms with Crippen molar-refractivity contribution in [2.75, 3.05) is 19.8 Å². The molecule has 2 saturated heterocycles. The Kier molecular flexibility index (Phi) is 50.6. The van der Waals surface area contributed by atoms with Crippen molar-refractivity contribution >= 4 is 5.91 Å². The van der Waals surface area contributed by atoms with E-state index in [2.05, 4.69) is 43.5 Å². The molecule has 0 aromatic rings. The molecule has 2 heterocycles. The van der Waals surface area contributed by atoms with Crippen molar-refractivity contribution in [3.63, 3.8) is 0 Å². The quantitative estimate of drug-likeness (QED) is 0.0204. The van der Waals surface area contributed by atoms with Crippen molar-refractivity contribution in [3.8, 4) is 0 Å². The molecule has 2 fully saturated rings. The van der Waals surface area contributed by atoms with Crippen molar-refractivity contribution < 1.29 is 64.6 Å². The second kappa shape index (κ2) is 54.4. The van der Waals surface area contributed by atoms with Gasteiger partial charge in [-0.2, -0.15) is 0 Å². The predicted molar refractivity (Wildman–Crippen MR) is 337 cm³/mol. The summed E-state index contributed by atoms with van der Waals surface area (Å²) in [5.74, 6) is -0.248. The van der Waals surface area contributed by atoms with E-state index in [1.165, 1.54) is 225 Å². The van der Waals surface area contributed by atoms with Gasteiger partial charge in [-0.15, -0.1) is 0 Å². The van der Waals surface area contributed by atoms with Gasteiger partial charge in [0.1, 0.15) is 48.8 Å². The van der Waals surface area contributed by atoms with Crippen LogP contribution >= 0.6 is 0 Å². The highest BCUT2D eigenvalue weighted by Gasteiger charge is 2.51. The third-order valence-electron chi connectivity index (χ3n) is 17.1. The summed E-state index contributed by atoms with van der Waals surface area (Å²) in [5, 5.41) is 87.3. The van der Waals surface area contributed by atoms with Crippen LogP contribution in [0, 0.1) is 0 Å². The molecule has 0 bridgehead atoms. The number of rotatable bonds is 57. The summed E-state index contributed by atoms with van der Waals surface area (Å²) in [6.07, 6.45) is 52.1. The van der Waals surface area contributed by atoms with E-state index in [-0.39, 0.29) is 18.9 Å². The van der Waals surface area contributed by atoms with E-state index in [9.17, 15) is 45.6 Å². The van der Waals surface area contributed by atoms with Crippen molar-refractivity contribution in [3.05, 3.63) is 36.5 Å². The maximum absolute atomic E-state index is 13.3. The Labute approximate surface area is 506 Å². The van der Waals surface area contributed by atoms with E-state index in [0.717, 1.165) is 44.9 Å². The van der Waals surface area contributed by atoms with Gasteiger partial charge in [-0.05, 0) is 44.9 Å². The molecule has 9 N–H and O–H groups in total. The Balaban J connectivity index is 1.71. The summed E-state index contributed by atoms with van der Waals surface area (Å²) < 4.78 is 22.8. The van der Waals surface area contributed by atoms with Crippen molar-refractivity contribution in [1.82, 2.24) is 5.32 Å². The highest BCUT2D eigenvalue weighted by atomic mass is 16.7. The molecule has 83 heavy (non-hydrogen) atoms. The highest BCUT2D eigenvalue weighted by Crippen LogP contribution is 2.30. The smallest absolute Gasteiger partial charge is 0.220 e. The molecular weight excluding hydrogens is 1050 g/mol. The highest BCUT2D eigenvalue weighted by molar-refractivity contribution is 5.76. The largest absolute Gasteiger partial charge is 0.394 e. The molecule has 14 heteroatoms. The fraction of sp³-hybridized carbons (Fsp3) is 0.899. The Morgan fingerprint density at radius 3 is 1.18 bits per heavy atom. The zero-order chi connectivity index (χ0) is 60.2. The van der Waals surface area contributed by atoms with Gasteiger partial charge in [-0.25, -0.2) is 0 Å². The van der Waals surface area contributed by atoms with Gasteiger partial charge in [-0.3, -0.25) is 4.79 Å². The maximum Gasteiger partial charge on any atom is 0.220 e. The van der Waals surface area contributed by atoms with Crippen molar-refractivity contribution in [2.45, 2.75) is 376 Å². The number of carbonyl (C=O) groups is 1. The standard InChI is InChI=1S/C69H129NO13/c1-3-5-7-9-11-13-15-17-19-21-23-25-26-27-28-29-30-31-32-33-34-36-38-40-42-44-46-48-50-52-58(73)57(70-61(74)53-51-49-47-45-43-41-39-37-35-24-22-20-18-16-14-12-10-8-6-4-2)56-80-68-66(79)64(77)67(60(55-72)82-68)83-69-65(78)63(76)62(75)59(54-71)81-69/h34,36,42,44,50,52,57-60,62-69,71-73,75-79H,3-33,35,37-41,43,45-49,51,53-56H2,1-2H3,(H,70,74)/b36-34+,44-42+,52-50+. The molecule has 0 spiro atoms. The summed E-state index contributed by atoms with van der Waals surface area (Å²) in [7, 11) is 0. The summed E-state index contributed by atoms with van der Waals surface area (Å²) >= 11 is 0. The third kappa shape index (κ3) is 39.0. The number of allylic oxidation sites excluding steroid dienone is 5. The topological polar surface area (TPSA) is 228 Å². The van der Waals surface area contributed by atoms with Crippen molar-refractivity contribution in [2.24, 2.45) is 0 Å². The predicted octanol–water partition coefficient (Wildman–Crippen LogP) is 13.7. The molecule has 0 saturated carbocycles. The number of unbranched alkanes of at least 4 members (excludes halogenated alkanes) is 40. The Morgan fingerprint density at radius 1 is 0.422 bits per heavy atom. The fourth-order valence-electron chi connectivity index (χ4n) is 11.5. The van der Waals surface area contributed by atoms with Crippen LogP contribution in [0.15, 0.2) is 36.5 Å². The minimum atomic E-state index is -1.79. The van der Waals surface area contributed by atoms with Crippen LogP contribution in [-0.2, 0) is 23.7 Å². The first kappa shape index (κ1) is 77.3. The van der Waals surface area contributed by atoms with Gasteiger partial charge >= 0.3 is 0 Å². The first-order valence-corrected chi connectivity index (χ1v) is 34.7. The second-order valence-corrected chi connectivity index (χ2v) is 24.6. The summed E-state index contributed by atoms with van der Waals surface area (Å²) in [6.45, 7) is 2.82. The lowest BCUT2D eigenvalue weighted by atomic mass is 9.97. The number of aliphatic hydroxyl groups excluding tert-OH is 8. The van der Waals surface area contributed by atoms with E-state index < -0.39 is 86.8 Å². The number of amides is 1. The molecule has 488 valence electrons. The lowest BCUT2D eigenvalue weighted by molar-refractivity contribution is -0.359. The minimum Gasteiger partial charge on any atom is -0.394 e. The van der Waals surface area contributed by atoms with Gasteiger partial charge < -0.3 is 65.1 Å². The first-order chi connectivity index (χ1) is 40.6. The fourth-order valence-corrected chi connectivity index (χ4v) is 11.5. The average Bonchev–Trinajstić information content (AvgIpc) is 3.59. The summed E-state index contributed by atoms with van der Waals surface area (Å²) in [5.41, 5.74) is 0. The van der Waals surface area contributed by atoms with E-state index in [1.54, 1.807) is 6.08 Å². The zero-order valence-electron chi connectivity index (χ0n) is 53.0. The third-order valence-corrected chi connectivity index (χ3v) is 17.1. The number of ether oxygens (including phenoxy) is 4. The molecular formula is C69H129NO13. The van der Waals surface area contributed by atoms with Crippen molar-refractivity contribution in [1.29, 1.82) is 0 Å². The van der Waals surface area contributed by atoms with E-state index in [0.29, 0.717) is 12.8 Å². The Bertz CT molecular complexity index is 1530. The molecule has 14 nitrogen and oxygen atoms in total. The molecule has 2 rings (SSSR count). The van der Waals surface area contributed by atoms with E-state index >= 15 is 0 Å². The van der Waals surface area contributed by atoms with Crippen LogP contribution in [-0.4, -0.2) is 140 Å². The van der Waals surface area contributed by atoms with Crippen LogP contribution in [0.25, 0.3) is 0 Å². The molecule has 0 aliphatic carbocycles. The summed E-state index contributed by atoms with van der Waals surface area (Å²) in [6, 6.07) is -0.936. The minimum absolute atomic E-state index is 0.248. The molecule has 2 aliphatic rings. The van der Waals surface area contributed by atoms with E-state index in [1.807, 2.05) is 6.08 Å². The molecule has 0 aromatic carbocycles. The Hall–Kier alpha value is -1.79. The normalized spacial score (nSPS) is 24.0. The van der Waals surface area contributed by atoms with Gasteiger partial charge in [0.15, 0.2) is 12.6 Å². The van der Waals surface area contributed by atoms with Gasteiger partial charge in [0.2, 0.25) is 5.91 Å². The van der Waals surface area contributed by atoms with Crippen LogP contribution < -0.4 is 5.32 Å². The number of hydrogen-bond donors (Lipinski definition) is 9. The number of nitrogens with one attached hydrogen (secondary N) is 1. The van der Waals surface area contributed by atoms with Crippen LogP contribution in [0.3, 0.4) is 0 Å². The monoisotopic (exact) mass is 1180 g/mol. The van der Waals surface area contributed by atoms with E-state index in [4.69, 9.17) is 18.9 Å². The molecule has 1 amide bonds. The van der Waals surface area contributed by atoms with Gasteiger partial charge in [0, 0.05) is 6.42 Å². The van der Waals surface area contributed by atoms with Crippen LogP contribution in [0.4, 0.5) is 0 Å². The van der Waals surface area contributed by atoms with Gasteiger partial charge in [-0.1, -0.05) is 288 Å². The first-order valence-electron chi connectivity index (χ1n) is 34.7. The zero-order valence-corrected chi connectivity index (χ0v) is 53.0. The lowest BCUT2D eigenvalue weighted by Crippen LogP contribution is -2.65. The number of aliphatic hydroxyl groups is 8. The number of carbonyl (C=O) groups excluding carboxylic acids is 1. The van der Waals surface area contributed by atoms with Gasteiger partial charge in [0.25, 0.3) is 0 Å². The maximum atomic E-state index is 13.3.